The minimum Gasteiger partial charge on any atom is -0.492 e. The topological polar surface area (TPSA) is 68.3 Å². The van der Waals surface area contributed by atoms with Crippen LogP contribution in [-0.2, 0) is 19.1 Å². The van der Waals surface area contributed by atoms with Crippen molar-refractivity contribution >= 4 is 17.6 Å². The summed E-state index contributed by atoms with van der Waals surface area (Å²) >= 11 is 0. The lowest BCUT2D eigenvalue weighted by molar-refractivity contribution is -0.139. The summed E-state index contributed by atoms with van der Waals surface area (Å²) in [6.07, 6.45) is 10.3. The van der Waals surface area contributed by atoms with Crippen molar-refractivity contribution in [3.8, 4) is 5.75 Å². The largest absolute Gasteiger partial charge is 0.492 e. The van der Waals surface area contributed by atoms with Gasteiger partial charge in [-0.2, -0.15) is 0 Å². The number of anilines is 1. The van der Waals surface area contributed by atoms with Gasteiger partial charge in [0.05, 0.1) is 19.8 Å². The van der Waals surface area contributed by atoms with Gasteiger partial charge in [-0.1, -0.05) is 12.5 Å². The molecule has 2 aliphatic heterocycles. The van der Waals surface area contributed by atoms with Crippen LogP contribution in [0.2, 0.25) is 0 Å². The third kappa shape index (κ3) is 4.91. The first-order valence-electron chi connectivity index (χ1n) is 10.0. The maximum absolute atomic E-state index is 12.5. The van der Waals surface area contributed by atoms with E-state index in [0.717, 1.165) is 18.7 Å². The van der Waals surface area contributed by atoms with Crippen LogP contribution in [0.25, 0.3) is 0 Å². The molecule has 1 atom stereocenters. The summed E-state index contributed by atoms with van der Waals surface area (Å²) in [4.78, 5) is 28.7. The summed E-state index contributed by atoms with van der Waals surface area (Å²) in [5.41, 5.74) is 0.903. The summed E-state index contributed by atoms with van der Waals surface area (Å²) in [6.45, 7) is 1.75. The van der Waals surface area contributed by atoms with Crippen LogP contribution in [0, 0.1) is 0 Å². The van der Waals surface area contributed by atoms with Crippen molar-refractivity contribution in [3.05, 3.63) is 60.0 Å². The van der Waals surface area contributed by atoms with Crippen LogP contribution in [0.15, 0.2) is 60.0 Å². The highest BCUT2D eigenvalue weighted by atomic mass is 16.5. The van der Waals surface area contributed by atoms with E-state index in [4.69, 9.17) is 14.2 Å². The van der Waals surface area contributed by atoms with Gasteiger partial charge in [0, 0.05) is 17.9 Å². The number of benzene rings is 1. The lowest BCUT2D eigenvalue weighted by Crippen LogP contribution is -2.40. The van der Waals surface area contributed by atoms with Gasteiger partial charge < -0.3 is 24.0 Å². The molecule has 2 aliphatic rings. The highest BCUT2D eigenvalue weighted by Crippen LogP contribution is 2.28. The first-order chi connectivity index (χ1) is 14.5. The number of hydrogen-bond acceptors (Lipinski definition) is 7. The average Bonchev–Trinajstić information content (AvgIpc) is 3.01. The summed E-state index contributed by atoms with van der Waals surface area (Å²) in [5, 5.41) is 0. The van der Waals surface area contributed by atoms with E-state index in [9.17, 15) is 9.59 Å². The quantitative estimate of drug-likeness (QED) is 0.665. The van der Waals surface area contributed by atoms with Crippen molar-refractivity contribution in [3.63, 3.8) is 0 Å². The molecular weight excluding hydrogens is 384 g/mol. The standard InChI is InChI=1S/C23H28N2O5/c1-24-14-6-4-8-18(24)16-30-19-12-10-17(11-13-19)25-15-7-5-9-20(22(26)28-2)21(25)23(27)29-3/h5,7,9-13,15,18H,4,6,8,14,16H2,1-3H3. The number of methoxy groups -OCH3 is 2. The number of allylic oxidation sites excluding steroid dienone is 2. The van der Waals surface area contributed by atoms with E-state index >= 15 is 0 Å². The van der Waals surface area contributed by atoms with Gasteiger partial charge in [0.25, 0.3) is 0 Å². The molecule has 0 saturated carbocycles. The van der Waals surface area contributed by atoms with Crippen LogP contribution < -0.4 is 9.64 Å². The molecule has 0 amide bonds. The molecule has 0 aromatic heterocycles. The van der Waals surface area contributed by atoms with E-state index in [-0.39, 0.29) is 11.3 Å². The molecule has 0 bridgehead atoms. The van der Waals surface area contributed by atoms with Crippen LogP contribution in [0.3, 0.4) is 0 Å². The number of carbonyl (C=O) groups excluding carboxylic acids is 2. The molecule has 7 heteroatoms. The molecule has 0 spiro atoms. The lowest BCUT2D eigenvalue weighted by atomic mass is 10.0. The molecule has 1 aromatic rings. The number of nitrogens with zero attached hydrogens (tertiary/aromatic N) is 2. The number of ether oxygens (including phenoxy) is 3. The predicted molar refractivity (Wildman–Crippen MR) is 114 cm³/mol. The highest BCUT2D eigenvalue weighted by molar-refractivity contribution is 6.05. The van der Waals surface area contributed by atoms with Crippen molar-refractivity contribution < 1.29 is 23.8 Å². The lowest BCUT2D eigenvalue weighted by Gasteiger charge is -2.32. The summed E-state index contributed by atoms with van der Waals surface area (Å²) in [7, 11) is 4.69. The summed E-state index contributed by atoms with van der Waals surface area (Å²) in [5.74, 6) is -0.490. The van der Waals surface area contributed by atoms with Gasteiger partial charge in [-0.05, 0) is 62.9 Å². The Kier molecular flexibility index (Phi) is 7.30. The Hall–Kier alpha value is -3.06. The zero-order chi connectivity index (χ0) is 21.5. The first-order valence-corrected chi connectivity index (χ1v) is 10.0. The maximum atomic E-state index is 12.5. The van der Waals surface area contributed by atoms with Crippen LogP contribution in [0.5, 0.6) is 5.75 Å². The summed E-state index contributed by atoms with van der Waals surface area (Å²) < 4.78 is 15.7. The van der Waals surface area contributed by atoms with Gasteiger partial charge in [-0.15, -0.1) is 0 Å². The van der Waals surface area contributed by atoms with Crippen molar-refractivity contribution in [2.45, 2.75) is 25.3 Å². The number of likely N-dealkylation sites (tertiary alicyclic amines) is 1. The molecule has 3 rings (SSSR count). The Morgan fingerprint density at radius 3 is 2.43 bits per heavy atom. The van der Waals surface area contributed by atoms with Crippen LogP contribution in [-0.4, -0.2) is 57.3 Å². The minimum absolute atomic E-state index is 0.0897. The van der Waals surface area contributed by atoms with Crippen LogP contribution in [0.4, 0.5) is 5.69 Å². The fourth-order valence-corrected chi connectivity index (χ4v) is 3.62. The Morgan fingerprint density at radius 2 is 1.77 bits per heavy atom. The number of hydrogen-bond donors (Lipinski definition) is 0. The Morgan fingerprint density at radius 1 is 1.03 bits per heavy atom. The fraction of sp³-hybridized carbons (Fsp3) is 0.391. The molecule has 160 valence electrons. The Balaban J connectivity index is 1.81. The monoisotopic (exact) mass is 412 g/mol. The molecule has 1 fully saturated rings. The number of carbonyl (C=O) groups is 2. The van der Waals surface area contributed by atoms with Gasteiger partial charge in [-0.3, -0.25) is 0 Å². The molecular formula is C23H28N2O5. The van der Waals surface area contributed by atoms with Crippen LogP contribution >= 0.6 is 0 Å². The number of rotatable bonds is 6. The molecule has 2 heterocycles. The second kappa shape index (κ2) is 10.1. The molecule has 1 aromatic carbocycles. The zero-order valence-electron chi connectivity index (χ0n) is 17.7. The Labute approximate surface area is 177 Å². The molecule has 30 heavy (non-hydrogen) atoms. The van der Waals surface area contributed by atoms with E-state index in [1.54, 1.807) is 23.3 Å². The Bertz CT molecular complexity index is 857. The van der Waals surface area contributed by atoms with Gasteiger partial charge in [-0.25, -0.2) is 9.59 Å². The van der Waals surface area contributed by atoms with Crippen molar-refractivity contribution in [1.82, 2.24) is 4.90 Å². The van der Waals surface area contributed by atoms with Crippen molar-refractivity contribution in [2.75, 3.05) is 39.3 Å². The molecule has 0 aliphatic carbocycles. The molecule has 0 radical (unpaired) electrons. The van der Waals surface area contributed by atoms with Crippen molar-refractivity contribution in [1.29, 1.82) is 0 Å². The zero-order valence-corrected chi connectivity index (χ0v) is 17.7. The van der Waals surface area contributed by atoms with Gasteiger partial charge in [0.2, 0.25) is 0 Å². The normalized spacial score (nSPS) is 19.4. The van der Waals surface area contributed by atoms with E-state index < -0.39 is 11.9 Å². The molecule has 7 nitrogen and oxygen atoms in total. The highest BCUT2D eigenvalue weighted by Gasteiger charge is 2.27. The predicted octanol–water partition coefficient (Wildman–Crippen LogP) is 3.04. The fourth-order valence-electron chi connectivity index (χ4n) is 3.62. The van der Waals surface area contributed by atoms with E-state index in [1.165, 1.54) is 33.1 Å². The second-order valence-electron chi connectivity index (χ2n) is 7.25. The molecule has 1 unspecified atom stereocenters. The second-order valence-corrected chi connectivity index (χ2v) is 7.25. The number of piperidine rings is 1. The van der Waals surface area contributed by atoms with E-state index in [1.807, 2.05) is 24.3 Å². The third-order valence-corrected chi connectivity index (χ3v) is 5.37. The van der Waals surface area contributed by atoms with Gasteiger partial charge >= 0.3 is 11.9 Å². The van der Waals surface area contributed by atoms with Gasteiger partial charge in [0.15, 0.2) is 0 Å². The smallest absolute Gasteiger partial charge is 0.355 e. The van der Waals surface area contributed by atoms with Crippen LogP contribution in [0.1, 0.15) is 19.3 Å². The SMILES string of the molecule is COC(=O)C1=C(C(=O)OC)N(c2ccc(OCC3CCCCN3C)cc2)C=CC=C1. The first kappa shape index (κ1) is 21.6. The molecule has 0 N–H and O–H groups in total. The average molecular weight is 412 g/mol. The summed E-state index contributed by atoms with van der Waals surface area (Å²) in [6, 6.07) is 7.82. The minimum atomic E-state index is -0.632. The molecule has 1 saturated heterocycles. The van der Waals surface area contributed by atoms with Crippen molar-refractivity contribution in [2.24, 2.45) is 0 Å². The maximum Gasteiger partial charge on any atom is 0.355 e. The van der Waals surface area contributed by atoms with Gasteiger partial charge in [0.1, 0.15) is 18.1 Å². The number of likely N-dealkylation sites (N-methyl/N-ethyl adjacent to an activating group) is 1. The third-order valence-electron chi connectivity index (χ3n) is 5.37. The van der Waals surface area contributed by atoms with E-state index in [2.05, 4.69) is 11.9 Å². The van der Waals surface area contributed by atoms with E-state index in [0.29, 0.717) is 18.3 Å². The number of esters is 2.